The highest BCUT2D eigenvalue weighted by Gasteiger charge is 2.66. The van der Waals surface area contributed by atoms with Gasteiger partial charge in [0.15, 0.2) is 111 Å². The lowest BCUT2D eigenvalue weighted by atomic mass is 9.93. The summed E-state index contributed by atoms with van der Waals surface area (Å²) in [6.45, 7) is 18.2. The van der Waals surface area contributed by atoms with Gasteiger partial charge in [0.1, 0.15) is 113 Å². The highest BCUT2D eigenvalue weighted by Crippen LogP contribution is 2.45. The predicted octanol–water partition coefficient (Wildman–Crippen LogP) is 4.24. The minimum absolute atomic E-state index is 0.359. The summed E-state index contributed by atoms with van der Waals surface area (Å²) in [5.41, 5.74) is 0. The molecule has 0 aromatic carbocycles. The minimum atomic E-state index is -2.39. The van der Waals surface area contributed by atoms with Gasteiger partial charge >= 0.3 is 107 Å². The molecule has 0 spiro atoms. The lowest BCUT2D eigenvalue weighted by Gasteiger charge is -2.52. The zero-order chi connectivity index (χ0) is 102. The average Bonchev–Trinajstić information content (AvgIpc) is 0.749. The van der Waals surface area contributed by atoms with Gasteiger partial charge in [-0.25, -0.2) is 0 Å². The average molecular weight is 1980 g/mol. The van der Waals surface area contributed by atoms with Gasteiger partial charge in [0, 0.05) is 116 Å². The standard InChI is InChI=1S/C90H132O48/c1-19-49(91)109-37-43-67-73(121-55(97)25-7)79(127-61(103)31-13)85(115-43)134-68-44(38-110-50(92)20-2)117-87(81(129-63(105)33-15)74(68)122-56(98)26-8)136-70-46(40-112-52(94)22-4)119-89(83(131-65(107)35-17)76(70)124-58(100)28-10)138-72-48(42-114-54(96)24-6)120-90(84(132-66(108)36-18)78(72)126-60(102)30-12)137-71-47(41-113-53(95)23-5)118-88(82(130-64(106)34-16)77(71)125-59(101)29-11)135-69-45(39-111-51(93)21-3)116-86(133-67)80(128-62(104)32-14)75(69)123-57(99)27-9/h43-48,67-90H,19-42H2,1-18H3/t43-,44-,45-,46-,47-,48-,67-,68-,69-,70-,71-,72-,73+,74+,75+,76+,77+,78+,79-,80-,81-,82-,83-,84-,85-,86-,87-,88-,89-,90-/m1/s1. The van der Waals surface area contributed by atoms with E-state index in [9.17, 15) is 86.3 Å². The first-order valence-electron chi connectivity index (χ1n) is 47.1. The van der Waals surface area contributed by atoms with Crippen molar-refractivity contribution in [3.63, 3.8) is 0 Å². The van der Waals surface area contributed by atoms with E-state index < -0.39 is 408 Å². The Morgan fingerprint density at radius 2 is 0.232 bits per heavy atom. The molecule has 0 aromatic heterocycles. The third-order valence-corrected chi connectivity index (χ3v) is 22.2. The lowest BCUT2D eigenvalue weighted by molar-refractivity contribution is -0.404. The Morgan fingerprint density at radius 1 is 0.138 bits per heavy atom. The van der Waals surface area contributed by atoms with E-state index in [1.54, 1.807) is 0 Å². The van der Waals surface area contributed by atoms with Gasteiger partial charge in [-0.2, -0.15) is 0 Å². The first-order chi connectivity index (χ1) is 66.0. The second-order valence-corrected chi connectivity index (χ2v) is 31.8. The van der Waals surface area contributed by atoms with Crippen molar-refractivity contribution in [1.82, 2.24) is 0 Å². The SMILES string of the molecule is CCC(=O)OC[C@H]1O[C@@H]2O[C@H]3[C@H](OC(=O)CC)[C@@H](OC(=O)CC)[C@@H](O[C@H]4[C@H](OC(=O)CC)[C@@H](OC(=O)CC)[C@@H](O[C@H]5[C@H](OC(=O)CC)[C@@H](OC(=O)CC)[C@@H](O[C@H]6[C@H](OC(=O)CC)[C@@H](OC(=O)CC)[C@@H](O[C@H]7[C@H](OC(=O)CC)[C@@H](OC(=O)CC)[C@@H](O[C@H]1[C@H](OC(=O)CC)[C@H]2OC(=O)CC)O[C@@H]7COC(=O)CC)O[C@@H]6COC(=O)CC)O[C@@H]5COC(=O)CC)O[C@@H]4COC(=O)CC)O[C@@H]3COC(=O)CC. The van der Waals surface area contributed by atoms with Crippen LogP contribution in [0.25, 0.3) is 0 Å². The molecule has 0 unspecified atom stereocenters. The number of ether oxygens (including phenoxy) is 30. The summed E-state index contributed by atoms with van der Waals surface area (Å²) in [6.07, 6.45) is -75.8. The largest absolute Gasteiger partial charge is 0.463 e. The molecular weight excluding hydrogens is 1850 g/mol. The fraction of sp³-hybridized carbons (Fsp3) is 0.800. The first kappa shape index (κ1) is 115. The van der Waals surface area contributed by atoms with Gasteiger partial charge in [-0.3, -0.25) is 86.3 Å². The van der Waals surface area contributed by atoms with Crippen molar-refractivity contribution in [2.45, 2.75) is 424 Å². The van der Waals surface area contributed by atoms with E-state index in [1.165, 1.54) is 125 Å². The Balaban J connectivity index is 1.75. The van der Waals surface area contributed by atoms with Crippen LogP contribution in [0, 0.1) is 0 Å². The third kappa shape index (κ3) is 32.0. The van der Waals surface area contributed by atoms with Crippen molar-refractivity contribution in [3.8, 4) is 0 Å². The van der Waals surface area contributed by atoms with E-state index in [4.69, 9.17) is 142 Å². The number of hydrogen-bond donors (Lipinski definition) is 0. The van der Waals surface area contributed by atoms with Crippen molar-refractivity contribution >= 4 is 107 Å². The van der Waals surface area contributed by atoms with Gasteiger partial charge in [-0.1, -0.05) is 125 Å². The van der Waals surface area contributed by atoms with E-state index in [2.05, 4.69) is 0 Å². The Labute approximate surface area is 796 Å². The van der Waals surface area contributed by atoms with Crippen LogP contribution in [0.1, 0.15) is 240 Å². The van der Waals surface area contributed by atoms with Crippen LogP contribution in [0.5, 0.6) is 0 Å². The molecule has 30 atom stereocenters. The maximum absolute atomic E-state index is 14.6. The molecule has 48 nitrogen and oxygen atoms in total. The van der Waals surface area contributed by atoms with Crippen LogP contribution < -0.4 is 0 Å². The molecule has 22 rings (SSSR count). The van der Waals surface area contributed by atoms with Crippen LogP contribution in [0.4, 0.5) is 0 Å². The van der Waals surface area contributed by atoms with Crippen molar-refractivity contribution in [3.05, 3.63) is 0 Å². The summed E-state index contributed by atoms with van der Waals surface area (Å²) in [5.74, 6) is -19.5. The van der Waals surface area contributed by atoms with Crippen LogP contribution in [0.15, 0.2) is 0 Å². The Morgan fingerprint density at radius 3 is 0.326 bits per heavy atom. The first-order valence-corrected chi connectivity index (χ1v) is 47.1. The summed E-state index contributed by atoms with van der Waals surface area (Å²) in [7, 11) is 0. The maximum Gasteiger partial charge on any atom is 0.306 e. The van der Waals surface area contributed by atoms with Crippen molar-refractivity contribution in [1.29, 1.82) is 0 Å². The normalized spacial score (nSPS) is 31.7. The highest BCUT2D eigenvalue weighted by atomic mass is 16.8. The molecule has 0 saturated carbocycles. The number of carbonyl (C=O) groups is 18. The fourth-order valence-electron chi connectivity index (χ4n) is 14.7. The van der Waals surface area contributed by atoms with Crippen molar-refractivity contribution in [2.75, 3.05) is 39.6 Å². The van der Waals surface area contributed by atoms with E-state index in [0.717, 1.165) is 0 Å². The summed E-state index contributed by atoms with van der Waals surface area (Å²) in [6, 6.07) is 0. The van der Waals surface area contributed by atoms with Crippen LogP contribution in [-0.4, -0.2) is 331 Å². The van der Waals surface area contributed by atoms with Crippen LogP contribution >= 0.6 is 0 Å². The molecule has 22 aliphatic heterocycles. The summed E-state index contributed by atoms with van der Waals surface area (Å²) in [4.78, 5) is 257. The van der Waals surface area contributed by atoms with E-state index in [1.807, 2.05) is 0 Å². The monoisotopic (exact) mass is 1980 g/mol. The molecule has 780 valence electrons. The number of carbonyl (C=O) groups excluding carboxylic acids is 18. The van der Waals surface area contributed by atoms with Crippen LogP contribution in [-0.2, 0) is 228 Å². The highest BCUT2D eigenvalue weighted by molar-refractivity contribution is 5.76. The minimum Gasteiger partial charge on any atom is -0.463 e. The molecule has 0 N–H and O–H groups in total. The van der Waals surface area contributed by atoms with Gasteiger partial charge < -0.3 is 142 Å². The predicted molar refractivity (Wildman–Crippen MR) is 451 cm³/mol. The lowest BCUT2D eigenvalue weighted by Crippen LogP contribution is -2.71. The Bertz CT molecular complexity index is 3430. The van der Waals surface area contributed by atoms with Crippen LogP contribution in [0.3, 0.4) is 0 Å². The zero-order valence-electron chi connectivity index (χ0n) is 80.9. The second-order valence-electron chi connectivity index (χ2n) is 31.8. The van der Waals surface area contributed by atoms with Gasteiger partial charge in [0.2, 0.25) is 0 Å². The van der Waals surface area contributed by atoms with E-state index >= 15 is 0 Å². The molecule has 0 radical (unpaired) electrons. The van der Waals surface area contributed by atoms with Gasteiger partial charge in [0.05, 0.1) is 0 Å². The molecular formula is C90H132O48. The molecule has 138 heavy (non-hydrogen) atoms. The van der Waals surface area contributed by atoms with E-state index in [-0.39, 0.29) is 38.5 Å². The summed E-state index contributed by atoms with van der Waals surface area (Å²) >= 11 is 0. The quantitative estimate of drug-likeness (QED) is 0.0609. The zero-order valence-corrected chi connectivity index (χ0v) is 80.9. The number of esters is 18. The molecule has 0 aromatic rings. The van der Waals surface area contributed by atoms with E-state index in [0.29, 0.717) is 0 Å². The molecule has 22 heterocycles. The molecule has 22 aliphatic rings. The van der Waals surface area contributed by atoms with Gasteiger partial charge in [-0.15, -0.1) is 0 Å². The third-order valence-electron chi connectivity index (χ3n) is 22.2. The van der Waals surface area contributed by atoms with Gasteiger partial charge in [0.25, 0.3) is 0 Å². The van der Waals surface area contributed by atoms with Crippen molar-refractivity contribution in [2.24, 2.45) is 0 Å². The fourth-order valence-corrected chi connectivity index (χ4v) is 14.7. The topological polar surface area (TPSA) is 584 Å². The van der Waals surface area contributed by atoms with Crippen molar-refractivity contribution < 1.29 is 228 Å². The molecule has 22 saturated heterocycles. The number of hydrogen-bond acceptors (Lipinski definition) is 48. The van der Waals surface area contributed by atoms with Crippen LogP contribution in [0.2, 0.25) is 0 Å². The molecule has 48 heteroatoms. The molecule has 22 fully saturated rings. The Kier molecular flexibility index (Phi) is 47.5. The number of rotatable bonds is 42. The molecule has 0 amide bonds. The Hall–Kier alpha value is -10.0. The molecule has 12 bridgehead atoms. The second kappa shape index (κ2) is 57.0. The molecule has 0 aliphatic carbocycles. The van der Waals surface area contributed by atoms with Gasteiger partial charge in [-0.05, 0) is 0 Å². The summed E-state index contributed by atoms with van der Waals surface area (Å²) < 4.78 is 193. The smallest absolute Gasteiger partial charge is 0.306 e. The maximum atomic E-state index is 14.6. The summed E-state index contributed by atoms with van der Waals surface area (Å²) in [5, 5.41) is 0.